The predicted molar refractivity (Wildman–Crippen MR) is 119 cm³/mol. The quantitative estimate of drug-likeness (QED) is 0.173. The number of imidazole rings is 1. The van der Waals surface area contributed by atoms with E-state index in [1.165, 1.54) is 116 Å². The van der Waals surface area contributed by atoms with Crippen molar-refractivity contribution >= 4 is 0 Å². The molecule has 0 unspecified atom stereocenters. The second-order valence-electron chi connectivity index (χ2n) is 8.39. The van der Waals surface area contributed by atoms with Gasteiger partial charge in [0.1, 0.15) is 12.4 Å². The number of hydrogen-bond donors (Lipinski definition) is 0. The standard InChI is InChI=1S/C25H49N2/c1-4-7-9-11-12-13-14-15-16-18-20-22-27-24-23-26(6-3)25(27)21-19-17-10-8-5-2/h23-24H,4-22H2,1-3H3/q+1. The van der Waals surface area contributed by atoms with Gasteiger partial charge in [-0.05, 0) is 26.2 Å². The molecule has 0 fully saturated rings. The van der Waals surface area contributed by atoms with E-state index in [4.69, 9.17) is 0 Å². The predicted octanol–water partition coefficient (Wildman–Crippen LogP) is 7.62. The lowest BCUT2D eigenvalue weighted by Gasteiger charge is -2.05. The molecule has 158 valence electrons. The van der Waals surface area contributed by atoms with E-state index in [1.807, 2.05) is 0 Å². The van der Waals surface area contributed by atoms with E-state index in [0.29, 0.717) is 0 Å². The molecule has 0 amide bonds. The Hall–Kier alpha value is -0.790. The molecule has 2 nitrogen and oxygen atoms in total. The number of hydrogen-bond acceptors (Lipinski definition) is 0. The Bertz CT molecular complexity index is 436. The normalized spacial score (nSPS) is 11.4. The van der Waals surface area contributed by atoms with Crippen molar-refractivity contribution < 1.29 is 4.57 Å². The first-order chi connectivity index (χ1) is 13.3. The molecule has 1 heterocycles. The Balaban J connectivity index is 2.12. The highest BCUT2D eigenvalue weighted by Crippen LogP contribution is 2.13. The molecule has 0 radical (unpaired) electrons. The van der Waals surface area contributed by atoms with E-state index in [1.54, 1.807) is 5.82 Å². The van der Waals surface area contributed by atoms with Crippen LogP contribution in [0.25, 0.3) is 0 Å². The maximum atomic E-state index is 2.54. The third kappa shape index (κ3) is 11.6. The molecule has 0 aliphatic carbocycles. The summed E-state index contributed by atoms with van der Waals surface area (Å²) in [7, 11) is 0. The molecule has 0 atom stereocenters. The summed E-state index contributed by atoms with van der Waals surface area (Å²) in [5.41, 5.74) is 0. The SMILES string of the molecule is CCCCCCCCCCCCCn1cc[n+](CC)c1CCCCCCC. The maximum Gasteiger partial charge on any atom is 0.256 e. The summed E-state index contributed by atoms with van der Waals surface area (Å²) in [4.78, 5) is 0. The van der Waals surface area contributed by atoms with Crippen molar-refractivity contribution in [1.29, 1.82) is 0 Å². The van der Waals surface area contributed by atoms with Gasteiger partial charge in [0.25, 0.3) is 5.82 Å². The average Bonchev–Trinajstić information content (AvgIpc) is 3.07. The zero-order valence-corrected chi connectivity index (χ0v) is 19.0. The summed E-state index contributed by atoms with van der Waals surface area (Å²) in [5.74, 6) is 1.56. The fraction of sp³-hybridized carbons (Fsp3) is 0.880. The fourth-order valence-corrected chi connectivity index (χ4v) is 4.11. The molecule has 0 aliphatic rings. The van der Waals surface area contributed by atoms with Crippen LogP contribution >= 0.6 is 0 Å². The highest BCUT2D eigenvalue weighted by atomic mass is 15.1. The van der Waals surface area contributed by atoms with Crippen molar-refractivity contribution in [3.05, 3.63) is 18.2 Å². The Morgan fingerprint density at radius 2 is 1.11 bits per heavy atom. The Morgan fingerprint density at radius 1 is 0.630 bits per heavy atom. The molecule has 0 spiro atoms. The minimum absolute atomic E-state index is 1.11. The first kappa shape index (κ1) is 24.2. The van der Waals surface area contributed by atoms with Crippen molar-refractivity contribution in [2.75, 3.05) is 0 Å². The third-order valence-corrected chi connectivity index (χ3v) is 5.94. The van der Waals surface area contributed by atoms with Crippen LogP contribution in [0, 0.1) is 0 Å². The van der Waals surface area contributed by atoms with Crippen molar-refractivity contribution in [1.82, 2.24) is 4.57 Å². The first-order valence-corrected chi connectivity index (χ1v) is 12.4. The van der Waals surface area contributed by atoms with Gasteiger partial charge in [-0.3, -0.25) is 0 Å². The van der Waals surface area contributed by atoms with Gasteiger partial charge in [0.2, 0.25) is 0 Å². The van der Waals surface area contributed by atoms with Gasteiger partial charge in [0.15, 0.2) is 0 Å². The van der Waals surface area contributed by atoms with Gasteiger partial charge in [-0.1, -0.05) is 97.3 Å². The zero-order valence-electron chi connectivity index (χ0n) is 19.0. The van der Waals surface area contributed by atoms with Gasteiger partial charge in [-0.2, -0.15) is 0 Å². The number of nitrogens with zero attached hydrogens (tertiary/aromatic N) is 2. The van der Waals surface area contributed by atoms with Crippen LogP contribution in [0.1, 0.15) is 129 Å². The van der Waals surface area contributed by atoms with Crippen LogP contribution < -0.4 is 4.57 Å². The summed E-state index contributed by atoms with van der Waals surface area (Å²) >= 11 is 0. The molecule has 1 aromatic rings. The van der Waals surface area contributed by atoms with Gasteiger partial charge in [0.05, 0.1) is 13.1 Å². The number of aromatic nitrogens is 2. The van der Waals surface area contributed by atoms with E-state index in [9.17, 15) is 0 Å². The summed E-state index contributed by atoms with van der Waals surface area (Å²) in [6.45, 7) is 9.19. The van der Waals surface area contributed by atoms with Crippen LogP contribution in [0.5, 0.6) is 0 Å². The minimum Gasteiger partial charge on any atom is -0.235 e. The largest absolute Gasteiger partial charge is 0.256 e. The van der Waals surface area contributed by atoms with Crippen LogP contribution in [-0.2, 0) is 19.5 Å². The van der Waals surface area contributed by atoms with Crippen LogP contribution in [-0.4, -0.2) is 4.57 Å². The van der Waals surface area contributed by atoms with Crippen molar-refractivity contribution in [2.24, 2.45) is 0 Å². The van der Waals surface area contributed by atoms with Crippen molar-refractivity contribution in [3.8, 4) is 0 Å². The third-order valence-electron chi connectivity index (χ3n) is 5.94. The zero-order chi connectivity index (χ0) is 19.6. The first-order valence-electron chi connectivity index (χ1n) is 12.4. The van der Waals surface area contributed by atoms with Crippen LogP contribution in [0.15, 0.2) is 12.4 Å². The van der Waals surface area contributed by atoms with E-state index in [0.717, 1.165) is 6.54 Å². The van der Waals surface area contributed by atoms with Gasteiger partial charge < -0.3 is 0 Å². The summed E-state index contributed by atoms with van der Waals surface area (Å²) < 4.78 is 5.00. The highest BCUT2D eigenvalue weighted by molar-refractivity contribution is 4.84. The highest BCUT2D eigenvalue weighted by Gasteiger charge is 2.15. The average molecular weight is 378 g/mol. The molecule has 27 heavy (non-hydrogen) atoms. The minimum atomic E-state index is 1.11. The molecule has 0 saturated carbocycles. The Morgan fingerprint density at radius 3 is 1.63 bits per heavy atom. The molecular weight excluding hydrogens is 328 g/mol. The molecule has 2 heteroatoms. The van der Waals surface area contributed by atoms with Gasteiger partial charge in [-0.15, -0.1) is 0 Å². The van der Waals surface area contributed by atoms with E-state index < -0.39 is 0 Å². The lowest BCUT2D eigenvalue weighted by molar-refractivity contribution is -0.700. The summed E-state index contributed by atoms with van der Waals surface area (Å²) in [6, 6.07) is 0. The molecular formula is C25H49N2+. The lowest BCUT2D eigenvalue weighted by Crippen LogP contribution is -2.36. The topological polar surface area (TPSA) is 8.81 Å². The number of unbranched alkanes of at least 4 members (excludes halogenated alkanes) is 14. The molecule has 1 aromatic heterocycles. The van der Waals surface area contributed by atoms with Crippen molar-refractivity contribution in [2.45, 2.75) is 143 Å². The van der Waals surface area contributed by atoms with E-state index in [2.05, 4.69) is 42.3 Å². The van der Waals surface area contributed by atoms with Crippen molar-refractivity contribution in [3.63, 3.8) is 0 Å². The molecule has 1 rings (SSSR count). The van der Waals surface area contributed by atoms with Crippen LogP contribution in [0.2, 0.25) is 0 Å². The molecule has 0 N–H and O–H groups in total. The second kappa shape index (κ2) is 17.3. The smallest absolute Gasteiger partial charge is 0.235 e. The van der Waals surface area contributed by atoms with Gasteiger partial charge in [-0.25, -0.2) is 9.13 Å². The van der Waals surface area contributed by atoms with Gasteiger partial charge >= 0.3 is 0 Å². The summed E-state index contributed by atoms with van der Waals surface area (Å²) in [5, 5.41) is 0. The molecule has 0 aromatic carbocycles. The maximum absolute atomic E-state index is 2.54. The second-order valence-corrected chi connectivity index (χ2v) is 8.39. The van der Waals surface area contributed by atoms with Crippen LogP contribution in [0.4, 0.5) is 0 Å². The summed E-state index contributed by atoms with van der Waals surface area (Å²) in [6.07, 6.45) is 28.4. The lowest BCUT2D eigenvalue weighted by atomic mass is 10.1. The molecule has 0 saturated heterocycles. The Kier molecular flexibility index (Phi) is 15.6. The Labute approximate surface area is 170 Å². The molecule has 0 bridgehead atoms. The fourth-order valence-electron chi connectivity index (χ4n) is 4.11. The van der Waals surface area contributed by atoms with Crippen LogP contribution in [0.3, 0.4) is 0 Å². The number of aryl methyl sites for hydroxylation is 2. The van der Waals surface area contributed by atoms with E-state index >= 15 is 0 Å². The number of rotatable bonds is 19. The van der Waals surface area contributed by atoms with E-state index in [-0.39, 0.29) is 0 Å². The monoisotopic (exact) mass is 377 g/mol. The van der Waals surface area contributed by atoms with Gasteiger partial charge in [0, 0.05) is 6.42 Å². The molecule has 0 aliphatic heterocycles.